The Kier molecular flexibility index (Phi) is 5.87. The number of carbonyl (C=O) groups is 1. The zero-order valence-electron chi connectivity index (χ0n) is 11.2. The minimum absolute atomic E-state index is 0.0268. The highest BCUT2D eigenvalue weighted by Gasteiger charge is 2.17. The van der Waals surface area contributed by atoms with Crippen LogP contribution in [0.3, 0.4) is 0 Å². The zero-order chi connectivity index (χ0) is 14.4. The molecule has 0 aliphatic rings. The van der Waals surface area contributed by atoms with Crippen LogP contribution < -0.4 is 5.32 Å². The van der Waals surface area contributed by atoms with Crippen LogP contribution in [0, 0.1) is 0 Å². The van der Waals surface area contributed by atoms with Gasteiger partial charge in [0.25, 0.3) is 0 Å². The Morgan fingerprint density at radius 1 is 1.30 bits per heavy atom. The van der Waals surface area contributed by atoms with Crippen LogP contribution in [0.25, 0.3) is 0 Å². The number of benzene rings is 1. The predicted molar refractivity (Wildman–Crippen MR) is 86.7 cm³/mol. The van der Waals surface area contributed by atoms with E-state index in [-0.39, 0.29) is 11.2 Å². The van der Waals surface area contributed by atoms with Gasteiger partial charge in [0.15, 0.2) is 8.68 Å². The van der Waals surface area contributed by atoms with Crippen molar-refractivity contribution in [2.45, 2.75) is 27.8 Å². The number of rotatable bonds is 6. The number of aromatic nitrogens is 2. The van der Waals surface area contributed by atoms with Crippen LogP contribution in [0.4, 0.5) is 5.69 Å². The summed E-state index contributed by atoms with van der Waals surface area (Å²) in [6, 6.07) is 9.45. The standard InChI is InChI=1S/C13H15N3OS3/c1-3-18-12-15-16-13(20-12)19-9(2)11(17)14-10-7-5-4-6-8-10/h4-9H,3H2,1-2H3,(H,14,17)/t9-/m1/s1. The van der Waals surface area contributed by atoms with Crippen LogP contribution >= 0.6 is 34.9 Å². The van der Waals surface area contributed by atoms with Gasteiger partial charge >= 0.3 is 0 Å². The van der Waals surface area contributed by atoms with E-state index in [1.807, 2.05) is 37.3 Å². The Balaban J connectivity index is 1.90. The number of hydrogen-bond acceptors (Lipinski definition) is 6. The summed E-state index contributed by atoms with van der Waals surface area (Å²) in [6.07, 6.45) is 0. The highest BCUT2D eigenvalue weighted by atomic mass is 32.2. The van der Waals surface area contributed by atoms with Crippen molar-refractivity contribution in [2.75, 3.05) is 11.1 Å². The average molecular weight is 325 g/mol. The maximum Gasteiger partial charge on any atom is 0.237 e. The monoisotopic (exact) mass is 325 g/mol. The molecule has 0 spiro atoms. The third-order valence-corrected chi connectivity index (χ3v) is 5.47. The molecule has 0 aliphatic carbocycles. The molecule has 7 heteroatoms. The van der Waals surface area contributed by atoms with Gasteiger partial charge in [-0.2, -0.15) is 0 Å². The van der Waals surface area contributed by atoms with E-state index in [0.717, 1.165) is 20.1 Å². The SMILES string of the molecule is CCSc1nnc(S[C@H](C)C(=O)Nc2ccccc2)s1. The normalized spacial score (nSPS) is 12.1. The zero-order valence-corrected chi connectivity index (χ0v) is 13.6. The molecule has 0 radical (unpaired) electrons. The van der Waals surface area contributed by atoms with Crippen molar-refractivity contribution in [1.29, 1.82) is 0 Å². The molecule has 0 bridgehead atoms. The van der Waals surface area contributed by atoms with Gasteiger partial charge in [0.05, 0.1) is 5.25 Å². The Morgan fingerprint density at radius 3 is 2.70 bits per heavy atom. The maximum absolute atomic E-state index is 12.1. The molecule has 0 fully saturated rings. The van der Waals surface area contributed by atoms with Gasteiger partial charge in [0.1, 0.15) is 0 Å². The number of thioether (sulfide) groups is 2. The van der Waals surface area contributed by atoms with Crippen LogP contribution in [-0.4, -0.2) is 27.1 Å². The molecule has 1 aromatic heterocycles. The summed E-state index contributed by atoms with van der Waals surface area (Å²) in [6.45, 7) is 3.95. The summed E-state index contributed by atoms with van der Waals surface area (Å²) in [5, 5.41) is 10.9. The van der Waals surface area contributed by atoms with Crippen molar-refractivity contribution in [3.8, 4) is 0 Å². The first-order valence-electron chi connectivity index (χ1n) is 6.18. The number of para-hydroxylation sites is 1. The molecule has 0 aliphatic heterocycles. The maximum atomic E-state index is 12.1. The number of carbonyl (C=O) groups excluding carboxylic acids is 1. The fourth-order valence-electron chi connectivity index (χ4n) is 1.40. The lowest BCUT2D eigenvalue weighted by Gasteiger charge is -2.09. The first-order chi connectivity index (χ1) is 9.69. The molecular weight excluding hydrogens is 310 g/mol. The van der Waals surface area contributed by atoms with E-state index in [0.29, 0.717) is 0 Å². The van der Waals surface area contributed by atoms with Crippen LogP contribution in [0.1, 0.15) is 13.8 Å². The van der Waals surface area contributed by atoms with Gasteiger partial charge in [-0.15, -0.1) is 10.2 Å². The molecule has 2 rings (SSSR count). The highest BCUT2D eigenvalue weighted by Crippen LogP contribution is 2.31. The first-order valence-corrected chi connectivity index (χ1v) is 8.86. The Labute approximate surface area is 130 Å². The van der Waals surface area contributed by atoms with Gasteiger partial charge in [0, 0.05) is 5.69 Å². The third kappa shape index (κ3) is 4.50. The van der Waals surface area contributed by atoms with Crippen LogP contribution in [0.5, 0.6) is 0 Å². The van der Waals surface area contributed by atoms with E-state index in [9.17, 15) is 4.79 Å². The van der Waals surface area contributed by atoms with Gasteiger partial charge in [-0.3, -0.25) is 4.79 Å². The molecule has 0 saturated heterocycles. The number of nitrogens with zero attached hydrogens (tertiary/aromatic N) is 2. The molecule has 1 amide bonds. The Morgan fingerprint density at radius 2 is 2.00 bits per heavy atom. The molecule has 1 aromatic carbocycles. The summed E-state index contributed by atoms with van der Waals surface area (Å²) in [4.78, 5) is 12.1. The second-order valence-corrected chi connectivity index (χ2v) is 7.96. The lowest BCUT2D eigenvalue weighted by Crippen LogP contribution is -2.22. The molecule has 4 nitrogen and oxygen atoms in total. The van der Waals surface area contributed by atoms with E-state index in [1.165, 1.54) is 23.1 Å². The number of hydrogen-bond donors (Lipinski definition) is 1. The van der Waals surface area contributed by atoms with E-state index in [4.69, 9.17) is 0 Å². The first kappa shape index (κ1) is 15.3. The van der Waals surface area contributed by atoms with Crippen molar-refractivity contribution in [3.05, 3.63) is 30.3 Å². The second-order valence-electron chi connectivity index (χ2n) is 3.88. The highest BCUT2D eigenvalue weighted by molar-refractivity contribution is 8.03. The third-order valence-electron chi connectivity index (χ3n) is 2.34. The summed E-state index contributed by atoms with van der Waals surface area (Å²) in [5.74, 6) is 0.949. The molecule has 0 saturated carbocycles. The minimum atomic E-state index is -0.206. The van der Waals surface area contributed by atoms with Gasteiger partial charge in [0.2, 0.25) is 5.91 Å². The van der Waals surface area contributed by atoms with E-state index >= 15 is 0 Å². The lowest BCUT2D eigenvalue weighted by atomic mass is 10.3. The summed E-state index contributed by atoms with van der Waals surface area (Å²) in [5.41, 5.74) is 0.810. The minimum Gasteiger partial charge on any atom is -0.325 e. The molecular formula is C13H15N3OS3. The molecule has 0 unspecified atom stereocenters. The lowest BCUT2D eigenvalue weighted by molar-refractivity contribution is -0.115. The van der Waals surface area contributed by atoms with Crippen molar-refractivity contribution in [3.63, 3.8) is 0 Å². The summed E-state index contributed by atoms with van der Waals surface area (Å²) in [7, 11) is 0. The average Bonchev–Trinajstić information content (AvgIpc) is 2.87. The molecule has 20 heavy (non-hydrogen) atoms. The van der Waals surface area contributed by atoms with Crippen LogP contribution in [0.2, 0.25) is 0 Å². The summed E-state index contributed by atoms with van der Waals surface area (Å²) >= 11 is 4.64. The van der Waals surface area contributed by atoms with Gasteiger partial charge in [-0.05, 0) is 24.8 Å². The second kappa shape index (κ2) is 7.66. The predicted octanol–water partition coefficient (Wildman–Crippen LogP) is 3.77. The van der Waals surface area contributed by atoms with Crippen molar-refractivity contribution >= 4 is 46.5 Å². The largest absolute Gasteiger partial charge is 0.325 e. The molecule has 106 valence electrons. The number of anilines is 1. The molecule has 1 atom stereocenters. The molecule has 1 heterocycles. The van der Waals surface area contributed by atoms with Crippen molar-refractivity contribution in [2.24, 2.45) is 0 Å². The topological polar surface area (TPSA) is 54.9 Å². The van der Waals surface area contributed by atoms with Gasteiger partial charge < -0.3 is 5.32 Å². The molecule has 1 N–H and O–H groups in total. The van der Waals surface area contributed by atoms with Gasteiger partial charge in [-0.1, -0.05) is 60.0 Å². The van der Waals surface area contributed by atoms with E-state index in [1.54, 1.807) is 11.8 Å². The van der Waals surface area contributed by atoms with E-state index < -0.39 is 0 Å². The van der Waals surface area contributed by atoms with Crippen molar-refractivity contribution in [1.82, 2.24) is 10.2 Å². The fraction of sp³-hybridized carbons (Fsp3) is 0.308. The Bertz CT molecular complexity index is 559. The van der Waals surface area contributed by atoms with Crippen LogP contribution in [0.15, 0.2) is 39.0 Å². The van der Waals surface area contributed by atoms with Gasteiger partial charge in [-0.25, -0.2) is 0 Å². The smallest absolute Gasteiger partial charge is 0.237 e. The van der Waals surface area contributed by atoms with Crippen LogP contribution in [-0.2, 0) is 4.79 Å². The Hall–Kier alpha value is -1.05. The quantitative estimate of drug-likeness (QED) is 0.819. The molecule has 2 aromatic rings. The fourth-order valence-corrected chi connectivity index (χ4v) is 4.46. The van der Waals surface area contributed by atoms with Crippen molar-refractivity contribution < 1.29 is 4.79 Å². The summed E-state index contributed by atoms with van der Waals surface area (Å²) < 4.78 is 1.78. The number of nitrogens with one attached hydrogen (secondary N) is 1. The van der Waals surface area contributed by atoms with E-state index in [2.05, 4.69) is 22.4 Å². The number of amides is 1.